The van der Waals surface area contributed by atoms with Crippen molar-refractivity contribution in [3.05, 3.63) is 64.1 Å². The molecule has 0 saturated carbocycles. The van der Waals surface area contributed by atoms with Crippen LogP contribution in [0.1, 0.15) is 11.1 Å². The van der Waals surface area contributed by atoms with Crippen LogP contribution in [0.3, 0.4) is 0 Å². The molecule has 0 aliphatic carbocycles. The number of aromatic hydroxyl groups is 1. The van der Waals surface area contributed by atoms with Crippen LogP contribution in [-0.4, -0.2) is 5.11 Å². The Bertz CT molecular complexity index is 466. The summed E-state index contributed by atoms with van der Waals surface area (Å²) in [7, 11) is 0. The van der Waals surface area contributed by atoms with Crippen molar-refractivity contribution in [2.75, 3.05) is 0 Å². The average Bonchev–Trinajstić information content (AvgIpc) is 2.22. The van der Waals surface area contributed by atoms with E-state index in [0.717, 1.165) is 16.5 Å². The van der Waals surface area contributed by atoms with Gasteiger partial charge in [-0.25, -0.2) is 0 Å². The third-order valence-electron chi connectivity index (χ3n) is 2.26. The maximum atomic E-state index is 9.35. The van der Waals surface area contributed by atoms with Gasteiger partial charge < -0.3 is 5.11 Å². The van der Waals surface area contributed by atoms with E-state index < -0.39 is 0 Å². The summed E-state index contributed by atoms with van der Waals surface area (Å²) in [5.41, 5.74) is 2.34. The number of hydrogen-bond donors (Lipinski definition) is 1. The van der Waals surface area contributed by atoms with Crippen molar-refractivity contribution in [2.45, 2.75) is 6.42 Å². The van der Waals surface area contributed by atoms with E-state index in [4.69, 9.17) is 0 Å². The Kier molecular flexibility index (Phi) is 3.07. The van der Waals surface area contributed by atoms with Gasteiger partial charge in [0.1, 0.15) is 5.75 Å². The topological polar surface area (TPSA) is 20.2 Å². The smallest absolute Gasteiger partial charge is 0.115 e. The van der Waals surface area contributed by atoms with Crippen LogP contribution in [-0.2, 0) is 6.42 Å². The van der Waals surface area contributed by atoms with Gasteiger partial charge in [-0.3, -0.25) is 0 Å². The van der Waals surface area contributed by atoms with Gasteiger partial charge in [-0.2, -0.15) is 0 Å². The number of hydrogen-bond acceptors (Lipinski definition) is 1. The fraction of sp³-hybridized carbons (Fsp3) is 0.0769. The first kappa shape index (κ1) is 10.2. The van der Waals surface area contributed by atoms with Crippen molar-refractivity contribution in [3.63, 3.8) is 0 Å². The lowest BCUT2D eigenvalue weighted by Gasteiger charge is -2.04. The van der Waals surface area contributed by atoms with Crippen LogP contribution >= 0.6 is 15.9 Å². The molecule has 0 amide bonds. The molecule has 0 aromatic heterocycles. The minimum absolute atomic E-state index is 0.319. The Morgan fingerprint density at radius 3 is 2.53 bits per heavy atom. The summed E-state index contributed by atoms with van der Waals surface area (Å²) < 4.78 is 1.10. The first-order valence-electron chi connectivity index (χ1n) is 4.77. The average molecular weight is 263 g/mol. The Morgan fingerprint density at radius 2 is 1.80 bits per heavy atom. The van der Waals surface area contributed by atoms with Crippen molar-refractivity contribution < 1.29 is 5.11 Å². The number of rotatable bonds is 2. The minimum Gasteiger partial charge on any atom is -0.508 e. The standard InChI is InChI=1S/C13H11BrO/c14-13-7-2-1-5-11(13)8-10-4-3-6-12(15)9-10/h1-7,9,15H,8H2. The van der Waals surface area contributed by atoms with Gasteiger partial charge in [-0.15, -0.1) is 0 Å². The fourth-order valence-electron chi connectivity index (χ4n) is 1.53. The van der Waals surface area contributed by atoms with Crippen molar-refractivity contribution in [1.82, 2.24) is 0 Å². The molecule has 76 valence electrons. The summed E-state index contributed by atoms with van der Waals surface area (Å²) in [5, 5.41) is 9.35. The lowest BCUT2D eigenvalue weighted by Crippen LogP contribution is -1.88. The molecule has 2 heteroatoms. The van der Waals surface area contributed by atoms with Crippen LogP contribution in [0.4, 0.5) is 0 Å². The molecule has 0 unspecified atom stereocenters. The molecule has 2 aromatic carbocycles. The van der Waals surface area contributed by atoms with E-state index in [1.807, 2.05) is 30.3 Å². The van der Waals surface area contributed by atoms with Gasteiger partial charge in [0.25, 0.3) is 0 Å². The van der Waals surface area contributed by atoms with E-state index in [0.29, 0.717) is 5.75 Å². The van der Waals surface area contributed by atoms with Gasteiger partial charge in [0.15, 0.2) is 0 Å². The SMILES string of the molecule is Oc1cccc(Cc2ccccc2Br)c1. The van der Waals surface area contributed by atoms with E-state index in [2.05, 4.69) is 22.0 Å². The molecule has 0 aliphatic rings. The summed E-state index contributed by atoms with van der Waals surface area (Å²) >= 11 is 3.51. The van der Waals surface area contributed by atoms with Gasteiger partial charge in [0.2, 0.25) is 0 Å². The number of phenolic OH excluding ortho intramolecular Hbond substituents is 1. The van der Waals surface area contributed by atoms with Crippen LogP contribution in [0.15, 0.2) is 53.0 Å². The first-order valence-corrected chi connectivity index (χ1v) is 5.56. The molecule has 1 nitrogen and oxygen atoms in total. The molecule has 0 atom stereocenters. The molecular formula is C13H11BrO. The monoisotopic (exact) mass is 262 g/mol. The predicted molar refractivity (Wildman–Crippen MR) is 65.1 cm³/mol. The van der Waals surface area contributed by atoms with E-state index in [9.17, 15) is 5.11 Å². The molecule has 0 aliphatic heterocycles. The molecule has 2 aromatic rings. The van der Waals surface area contributed by atoms with Crippen LogP contribution in [0.5, 0.6) is 5.75 Å². The van der Waals surface area contributed by atoms with Gasteiger partial charge in [0, 0.05) is 4.47 Å². The third kappa shape index (κ3) is 2.60. The Labute approximate surface area is 97.5 Å². The zero-order valence-corrected chi connectivity index (χ0v) is 9.74. The molecule has 2 rings (SSSR count). The summed E-state index contributed by atoms with van der Waals surface area (Å²) in [5.74, 6) is 0.319. The Balaban J connectivity index is 2.26. The lowest BCUT2D eigenvalue weighted by atomic mass is 10.1. The molecule has 0 spiro atoms. The Hall–Kier alpha value is -1.28. The van der Waals surface area contributed by atoms with Gasteiger partial charge in [0.05, 0.1) is 0 Å². The largest absolute Gasteiger partial charge is 0.508 e. The van der Waals surface area contributed by atoms with Gasteiger partial charge >= 0.3 is 0 Å². The molecular weight excluding hydrogens is 252 g/mol. The highest BCUT2D eigenvalue weighted by Gasteiger charge is 2.00. The van der Waals surface area contributed by atoms with E-state index in [-0.39, 0.29) is 0 Å². The van der Waals surface area contributed by atoms with Crippen molar-refractivity contribution >= 4 is 15.9 Å². The first-order chi connectivity index (χ1) is 7.25. The van der Waals surface area contributed by atoms with E-state index in [1.165, 1.54) is 5.56 Å². The maximum absolute atomic E-state index is 9.35. The zero-order chi connectivity index (χ0) is 10.7. The number of benzene rings is 2. The molecule has 1 N–H and O–H groups in total. The Morgan fingerprint density at radius 1 is 1.00 bits per heavy atom. The summed E-state index contributed by atoms with van der Waals surface area (Å²) in [6.45, 7) is 0. The van der Waals surface area contributed by atoms with E-state index in [1.54, 1.807) is 12.1 Å². The molecule has 0 heterocycles. The van der Waals surface area contributed by atoms with Crippen molar-refractivity contribution in [2.24, 2.45) is 0 Å². The van der Waals surface area contributed by atoms with E-state index >= 15 is 0 Å². The van der Waals surface area contributed by atoms with Crippen molar-refractivity contribution in [1.29, 1.82) is 0 Å². The second-order valence-electron chi connectivity index (χ2n) is 3.44. The molecule has 0 saturated heterocycles. The maximum Gasteiger partial charge on any atom is 0.115 e. The highest BCUT2D eigenvalue weighted by atomic mass is 79.9. The van der Waals surface area contributed by atoms with Crippen molar-refractivity contribution in [3.8, 4) is 5.75 Å². The van der Waals surface area contributed by atoms with Crippen LogP contribution < -0.4 is 0 Å². The second kappa shape index (κ2) is 4.49. The zero-order valence-electron chi connectivity index (χ0n) is 8.15. The third-order valence-corrected chi connectivity index (χ3v) is 3.04. The summed E-state index contributed by atoms with van der Waals surface area (Å²) in [6.07, 6.45) is 0.829. The van der Waals surface area contributed by atoms with Crippen LogP contribution in [0, 0.1) is 0 Å². The molecule has 0 radical (unpaired) electrons. The number of phenols is 1. The molecule has 0 fully saturated rings. The highest BCUT2D eigenvalue weighted by molar-refractivity contribution is 9.10. The normalized spacial score (nSPS) is 10.2. The number of halogens is 1. The summed E-state index contributed by atoms with van der Waals surface area (Å²) in [4.78, 5) is 0. The lowest BCUT2D eigenvalue weighted by molar-refractivity contribution is 0.474. The highest BCUT2D eigenvalue weighted by Crippen LogP contribution is 2.21. The van der Waals surface area contributed by atoms with Gasteiger partial charge in [-0.1, -0.05) is 46.3 Å². The molecule has 15 heavy (non-hydrogen) atoms. The fourth-order valence-corrected chi connectivity index (χ4v) is 1.95. The van der Waals surface area contributed by atoms with Gasteiger partial charge in [-0.05, 0) is 35.7 Å². The molecule has 0 bridgehead atoms. The predicted octanol–water partition coefficient (Wildman–Crippen LogP) is 3.75. The minimum atomic E-state index is 0.319. The quantitative estimate of drug-likeness (QED) is 0.874. The summed E-state index contributed by atoms with van der Waals surface area (Å²) in [6, 6.07) is 15.5. The second-order valence-corrected chi connectivity index (χ2v) is 4.29. The van der Waals surface area contributed by atoms with Crippen LogP contribution in [0.25, 0.3) is 0 Å². The van der Waals surface area contributed by atoms with Crippen LogP contribution in [0.2, 0.25) is 0 Å².